The van der Waals surface area contributed by atoms with Crippen LogP contribution in [0, 0.1) is 10.1 Å². The molecule has 8 nitrogen and oxygen atoms in total. The number of para-hydroxylation sites is 1. The highest BCUT2D eigenvalue weighted by Crippen LogP contribution is 2.19. The zero-order valence-electron chi connectivity index (χ0n) is 13.3. The van der Waals surface area contributed by atoms with E-state index in [0.717, 1.165) is 0 Å². The van der Waals surface area contributed by atoms with Crippen LogP contribution in [-0.2, 0) is 11.3 Å². The first kappa shape index (κ1) is 17.4. The van der Waals surface area contributed by atoms with Crippen molar-refractivity contribution in [3.8, 4) is 0 Å². The number of carbonyl (C=O) groups excluding carboxylic acids is 1. The van der Waals surface area contributed by atoms with Crippen molar-refractivity contribution < 1.29 is 14.7 Å². The van der Waals surface area contributed by atoms with Crippen LogP contribution in [0.1, 0.15) is 5.56 Å². The standard InChI is InChI=1S/C14H21BN4O4/c1-15(21)18-8-7-16-12(10-18)14(20)17(2)9-11-5-3-4-6-13(11)19(22)23/h3-6,12,16,21H,7-10H2,1-2H3. The predicted octanol–water partition coefficient (Wildman–Crippen LogP) is -0.0627. The van der Waals surface area contributed by atoms with Crippen LogP contribution >= 0.6 is 0 Å². The number of amides is 1. The van der Waals surface area contributed by atoms with Crippen molar-refractivity contribution in [2.24, 2.45) is 0 Å². The van der Waals surface area contributed by atoms with E-state index in [0.29, 0.717) is 25.2 Å². The van der Waals surface area contributed by atoms with Crippen LogP contribution in [0.2, 0.25) is 6.82 Å². The molecule has 1 aliphatic rings. The molecule has 0 aromatic heterocycles. The number of nitro groups is 1. The molecular formula is C14H21BN4O4. The molecule has 9 heteroatoms. The summed E-state index contributed by atoms with van der Waals surface area (Å²) in [4.78, 5) is 26.4. The first-order valence-electron chi connectivity index (χ1n) is 7.53. The molecule has 1 aliphatic heterocycles. The third-order valence-electron chi connectivity index (χ3n) is 4.01. The molecule has 1 heterocycles. The summed E-state index contributed by atoms with van der Waals surface area (Å²) in [5, 5.41) is 23.8. The molecule has 1 unspecified atom stereocenters. The molecule has 2 N–H and O–H groups in total. The van der Waals surface area contributed by atoms with Crippen molar-refractivity contribution >= 4 is 18.6 Å². The summed E-state index contributed by atoms with van der Waals surface area (Å²) in [6.45, 7) is 3.54. The van der Waals surface area contributed by atoms with Crippen molar-refractivity contribution in [2.45, 2.75) is 19.4 Å². The van der Waals surface area contributed by atoms with Crippen molar-refractivity contribution in [1.82, 2.24) is 15.0 Å². The maximum absolute atomic E-state index is 12.5. The lowest BCUT2D eigenvalue weighted by Crippen LogP contribution is -2.59. The molecule has 0 radical (unpaired) electrons. The van der Waals surface area contributed by atoms with Gasteiger partial charge in [0.2, 0.25) is 5.91 Å². The molecule has 0 spiro atoms. The lowest BCUT2D eigenvalue weighted by Gasteiger charge is -2.35. The number of nitrogens with one attached hydrogen (secondary N) is 1. The third-order valence-corrected chi connectivity index (χ3v) is 4.01. The van der Waals surface area contributed by atoms with Crippen LogP contribution in [-0.4, -0.2) is 65.3 Å². The molecule has 1 aromatic carbocycles. The second-order valence-electron chi connectivity index (χ2n) is 5.71. The van der Waals surface area contributed by atoms with E-state index in [1.807, 2.05) is 4.81 Å². The number of nitrogens with zero attached hydrogens (tertiary/aromatic N) is 3. The van der Waals surface area contributed by atoms with E-state index < -0.39 is 18.0 Å². The van der Waals surface area contributed by atoms with Gasteiger partial charge in [0.25, 0.3) is 5.69 Å². The molecule has 23 heavy (non-hydrogen) atoms. The predicted molar refractivity (Wildman–Crippen MR) is 86.8 cm³/mol. The van der Waals surface area contributed by atoms with Crippen LogP contribution < -0.4 is 5.32 Å². The Bertz CT molecular complexity index is 584. The van der Waals surface area contributed by atoms with Gasteiger partial charge < -0.3 is 20.1 Å². The van der Waals surface area contributed by atoms with Gasteiger partial charge in [0, 0.05) is 38.3 Å². The summed E-state index contributed by atoms with van der Waals surface area (Å²) in [7, 11) is 1.02. The van der Waals surface area contributed by atoms with Gasteiger partial charge in [-0.05, 0) is 6.82 Å². The molecular weight excluding hydrogens is 299 g/mol. The number of benzene rings is 1. The van der Waals surface area contributed by atoms with E-state index in [1.54, 1.807) is 32.1 Å². The number of rotatable bonds is 5. The van der Waals surface area contributed by atoms with Gasteiger partial charge in [-0.15, -0.1) is 0 Å². The van der Waals surface area contributed by atoms with Gasteiger partial charge >= 0.3 is 7.05 Å². The molecule has 2 rings (SSSR count). The highest BCUT2D eigenvalue weighted by molar-refractivity contribution is 6.45. The zero-order valence-corrected chi connectivity index (χ0v) is 13.3. The van der Waals surface area contributed by atoms with Crippen LogP contribution in [0.4, 0.5) is 5.69 Å². The topological polar surface area (TPSA) is 99.0 Å². The average molecular weight is 320 g/mol. The van der Waals surface area contributed by atoms with Gasteiger partial charge in [-0.2, -0.15) is 0 Å². The van der Waals surface area contributed by atoms with Crippen molar-refractivity contribution in [3.63, 3.8) is 0 Å². The minimum atomic E-state index is -0.604. The molecule has 0 saturated carbocycles. The van der Waals surface area contributed by atoms with Crippen LogP contribution in [0.25, 0.3) is 0 Å². The van der Waals surface area contributed by atoms with Crippen molar-refractivity contribution in [2.75, 3.05) is 26.7 Å². The number of carbonyl (C=O) groups is 1. The molecule has 1 atom stereocenters. The quantitative estimate of drug-likeness (QED) is 0.448. The van der Waals surface area contributed by atoms with Gasteiger partial charge in [-0.25, -0.2) is 0 Å². The maximum atomic E-state index is 12.5. The fourth-order valence-electron chi connectivity index (χ4n) is 2.70. The van der Waals surface area contributed by atoms with E-state index in [1.165, 1.54) is 11.0 Å². The minimum absolute atomic E-state index is 0.00867. The fraction of sp³-hybridized carbons (Fsp3) is 0.500. The van der Waals surface area contributed by atoms with Gasteiger partial charge in [0.05, 0.1) is 17.5 Å². The second kappa shape index (κ2) is 7.54. The molecule has 0 aliphatic carbocycles. The molecule has 1 amide bonds. The summed E-state index contributed by atoms with van der Waals surface area (Å²) in [5.41, 5.74) is 0.505. The average Bonchev–Trinajstić information content (AvgIpc) is 2.54. The zero-order chi connectivity index (χ0) is 17.0. The highest BCUT2D eigenvalue weighted by Gasteiger charge is 2.31. The third kappa shape index (κ3) is 4.28. The fourth-order valence-corrected chi connectivity index (χ4v) is 2.70. The van der Waals surface area contributed by atoms with Gasteiger partial charge in [-0.3, -0.25) is 14.9 Å². The summed E-state index contributed by atoms with van der Waals surface area (Å²) in [6.07, 6.45) is 0. The Labute approximate surface area is 135 Å². The number of hydrogen-bond donors (Lipinski definition) is 2. The molecule has 124 valence electrons. The number of likely N-dealkylation sites (N-methyl/N-ethyl adjacent to an activating group) is 1. The van der Waals surface area contributed by atoms with Crippen LogP contribution in [0.15, 0.2) is 24.3 Å². The molecule has 1 aromatic rings. The first-order chi connectivity index (χ1) is 10.9. The Hall–Kier alpha value is -1.97. The van der Waals surface area contributed by atoms with Crippen LogP contribution in [0.5, 0.6) is 0 Å². The van der Waals surface area contributed by atoms with Crippen LogP contribution in [0.3, 0.4) is 0 Å². The summed E-state index contributed by atoms with van der Waals surface area (Å²) < 4.78 is 0. The van der Waals surface area contributed by atoms with Gasteiger partial charge in [-0.1, -0.05) is 18.2 Å². The summed E-state index contributed by atoms with van der Waals surface area (Å²) >= 11 is 0. The SMILES string of the molecule is CB(O)N1CCNC(C(=O)N(C)Cc2ccccc2[N+](=O)[O-])C1. The number of nitro benzene ring substituents is 1. The number of piperazine rings is 1. The largest absolute Gasteiger partial charge is 0.437 e. The monoisotopic (exact) mass is 320 g/mol. The van der Waals surface area contributed by atoms with E-state index in [-0.39, 0.29) is 18.1 Å². The molecule has 1 saturated heterocycles. The van der Waals surface area contributed by atoms with Crippen molar-refractivity contribution in [3.05, 3.63) is 39.9 Å². The van der Waals surface area contributed by atoms with E-state index in [2.05, 4.69) is 5.32 Å². The first-order valence-corrected chi connectivity index (χ1v) is 7.53. The van der Waals surface area contributed by atoms with E-state index in [9.17, 15) is 19.9 Å². The Morgan fingerprint density at radius 3 is 2.91 bits per heavy atom. The Kier molecular flexibility index (Phi) is 5.70. The summed E-state index contributed by atoms with van der Waals surface area (Å²) in [5.74, 6) is -0.145. The van der Waals surface area contributed by atoms with Gasteiger partial charge in [0.1, 0.15) is 0 Å². The van der Waals surface area contributed by atoms with E-state index in [4.69, 9.17) is 0 Å². The second-order valence-corrected chi connectivity index (χ2v) is 5.71. The lowest BCUT2D eigenvalue weighted by atomic mass is 9.83. The smallest absolute Gasteiger partial charge is 0.376 e. The Balaban J connectivity index is 2.04. The highest BCUT2D eigenvalue weighted by atomic mass is 16.6. The van der Waals surface area contributed by atoms with Gasteiger partial charge in [0.15, 0.2) is 0 Å². The van der Waals surface area contributed by atoms with Crippen molar-refractivity contribution in [1.29, 1.82) is 0 Å². The maximum Gasteiger partial charge on any atom is 0.376 e. The number of hydrogen-bond acceptors (Lipinski definition) is 6. The Morgan fingerprint density at radius 2 is 2.26 bits per heavy atom. The normalized spacial score (nSPS) is 18.5. The Morgan fingerprint density at radius 1 is 1.57 bits per heavy atom. The molecule has 0 bridgehead atoms. The van der Waals surface area contributed by atoms with E-state index >= 15 is 0 Å². The molecule has 1 fully saturated rings. The lowest BCUT2D eigenvalue weighted by molar-refractivity contribution is -0.385. The minimum Gasteiger partial charge on any atom is -0.437 e. The summed E-state index contributed by atoms with van der Waals surface area (Å²) in [6, 6.07) is 5.98.